The van der Waals surface area contributed by atoms with E-state index in [1.807, 2.05) is 49.4 Å². The molecule has 6 nitrogen and oxygen atoms in total. The average Bonchev–Trinajstić information content (AvgIpc) is 3.19. The molecule has 0 aliphatic carbocycles. The van der Waals surface area contributed by atoms with Crippen LogP contribution in [0.2, 0.25) is 0 Å². The molecule has 2 aromatic carbocycles. The number of aryl methyl sites for hydroxylation is 3. The van der Waals surface area contributed by atoms with Gasteiger partial charge in [0.1, 0.15) is 5.82 Å². The van der Waals surface area contributed by atoms with Gasteiger partial charge in [0.15, 0.2) is 17.6 Å². The van der Waals surface area contributed by atoms with Gasteiger partial charge in [0.05, 0.1) is 18.5 Å². The fourth-order valence-corrected chi connectivity index (χ4v) is 3.71. The Morgan fingerprint density at radius 2 is 2.00 bits per heavy atom. The van der Waals surface area contributed by atoms with Crippen LogP contribution in [0.1, 0.15) is 31.2 Å². The van der Waals surface area contributed by atoms with Gasteiger partial charge in [-0.25, -0.2) is 4.98 Å². The normalized spacial score (nSPS) is 14.0. The van der Waals surface area contributed by atoms with E-state index in [4.69, 9.17) is 14.5 Å². The van der Waals surface area contributed by atoms with E-state index in [9.17, 15) is 4.79 Å². The summed E-state index contributed by atoms with van der Waals surface area (Å²) in [6.45, 7) is 4.71. The Morgan fingerprint density at radius 3 is 2.80 bits per heavy atom. The summed E-state index contributed by atoms with van der Waals surface area (Å²) in [5, 5.41) is 3.00. The maximum atomic E-state index is 12.9. The van der Waals surface area contributed by atoms with Gasteiger partial charge in [-0.3, -0.25) is 4.79 Å². The molecule has 0 saturated heterocycles. The zero-order valence-electron chi connectivity index (χ0n) is 17.6. The third-order valence-electron chi connectivity index (χ3n) is 5.36. The number of benzene rings is 2. The van der Waals surface area contributed by atoms with Crippen LogP contribution < -0.4 is 14.8 Å². The molecule has 1 aliphatic heterocycles. The molecule has 1 aliphatic rings. The highest BCUT2D eigenvalue weighted by Crippen LogP contribution is 2.31. The topological polar surface area (TPSA) is 65.4 Å². The summed E-state index contributed by atoms with van der Waals surface area (Å²) in [5.74, 6) is 2.04. The third kappa shape index (κ3) is 4.17. The Morgan fingerprint density at radius 1 is 1.17 bits per heavy atom. The number of methoxy groups -OCH3 is 1. The van der Waals surface area contributed by atoms with Crippen molar-refractivity contribution < 1.29 is 14.3 Å². The highest BCUT2D eigenvalue weighted by molar-refractivity contribution is 5.97. The van der Waals surface area contributed by atoms with Gasteiger partial charge in [0.25, 0.3) is 5.91 Å². The lowest BCUT2D eigenvalue weighted by Crippen LogP contribution is -2.30. The molecular formula is C24H27N3O3. The Bertz CT molecular complexity index is 1030. The smallest absolute Gasteiger partial charge is 0.265 e. The van der Waals surface area contributed by atoms with Crippen molar-refractivity contribution in [3.8, 4) is 22.8 Å². The maximum absolute atomic E-state index is 12.9. The molecule has 0 radical (unpaired) electrons. The van der Waals surface area contributed by atoms with E-state index in [0.717, 1.165) is 41.3 Å². The van der Waals surface area contributed by atoms with Gasteiger partial charge in [0.2, 0.25) is 0 Å². The van der Waals surface area contributed by atoms with Crippen LogP contribution in [0.25, 0.3) is 11.3 Å². The monoisotopic (exact) mass is 405 g/mol. The second kappa shape index (κ2) is 8.61. The SMILES string of the molecule is COc1cc(C)ccc1OC(C)C(=O)Nc1ccccc1-c1cn2c(n1)CCCC2. The summed E-state index contributed by atoms with van der Waals surface area (Å²) < 4.78 is 13.5. The van der Waals surface area contributed by atoms with Crippen LogP contribution in [0.5, 0.6) is 11.5 Å². The molecule has 0 fully saturated rings. The van der Waals surface area contributed by atoms with Crippen molar-refractivity contribution in [2.45, 2.75) is 45.8 Å². The molecule has 1 unspecified atom stereocenters. The first-order valence-corrected chi connectivity index (χ1v) is 10.3. The second-order valence-electron chi connectivity index (χ2n) is 7.64. The van der Waals surface area contributed by atoms with Crippen molar-refractivity contribution in [1.82, 2.24) is 9.55 Å². The van der Waals surface area contributed by atoms with Crippen molar-refractivity contribution >= 4 is 11.6 Å². The fraction of sp³-hybridized carbons (Fsp3) is 0.333. The molecule has 2 heterocycles. The maximum Gasteiger partial charge on any atom is 0.265 e. The highest BCUT2D eigenvalue weighted by Gasteiger charge is 2.20. The van der Waals surface area contributed by atoms with E-state index in [1.54, 1.807) is 14.0 Å². The number of hydrogen-bond donors (Lipinski definition) is 1. The molecule has 156 valence electrons. The molecule has 30 heavy (non-hydrogen) atoms. The predicted octanol–water partition coefficient (Wildman–Crippen LogP) is 4.61. The second-order valence-corrected chi connectivity index (χ2v) is 7.64. The van der Waals surface area contributed by atoms with E-state index < -0.39 is 6.10 Å². The predicted molar refractivity (Wildman–Crippen MR) is 117 cm³/mol. The van der Waals surface area contributed by atoms with Crippen molar-refractivity contribution in [3.05, 3.63) is 60.0 Å². The summed E-state index contributed by atoms with van der Waals surface area (Å²) in [5.41, 5.74) is 3.58. The molecule has 1 amide bonds. The first kappa shape index (κ1) is 20.0. The van der Waals surface area contributed by atoms with E-state index in [2.05, 4.69) is 16.1 Å². The van der Waals surface area contributed by atoms with Crippen molar-refractivity contribution in [2.24, 2.45) is 0 Å². The highest BCUT2D eigenvalue weighted by atomic mass is 16.5. The number of amides is 1. The molecule has 4 rings (SSSR count). The van der Waals surface area contributed by atoms with Crippen LogP contribution in [0, 0.1) is 6.92 Å². The minimum atomic E-state index is -0.690. The third-order valence-corrected chi connectivity index (χ3v) is 5.36. The Hall–Kier alpha value is -3.28. The molecule has 0 spiro atoms. The number of rotatable bonds is 6. The molecule has 1 N–H and O–H groups in total. The van der Waals surface area contributed by atoms with Gasteiger partial charge >= 0.3 is 0 Å². The quantitative estimate of drug-likeness (QED) is 0.650. The number of para-hydroxylation sites is 1. The number of nitrogens with one attached hydrogen (secondary N) is 1. The molecule has 3 aromatic rings. The standard InChI is InChI=1S/C24H27N3O3/c1-16-11-12-21(22(14-16)29-3)30-17(2)24(28)26-19-9-5-4-8-18(19)20-15-27-13-7-6-10-23(27)25-20/h4-5,8-9,11-12,14-15,17H,6-7,10,13H2,1-3H3,(H,26,28). The lowest BCUT2D eigenvalue weighted by molar-refractivity contribution is -0.122. The molecule has 1 atom stereocenters. The lowest BCUT2D eigenvalue weighted by atomic mass is 10.1. The summed E-state index contributed by atoms with van der Waals surface area (Å²) in [7, 11) is 1.59. The van der Waals surface area contributed by atoms with Crippen LogP contribution >= 0.6 is 0 Å². The Balaban J connectivity index is 1.52. The van der Waals surface area contributed by atoms with Crippen LogP contribution in [-0.2, 0) is 17.8 Å². The molecule has 0 saturated carbocycles. The van der Waals surface area contributed by atoms with Gasteiger partial charge in [-0.1, -0.05) is 24.3 Å². The van der Waals surface area contributed by atoms with E-state index in [1.165, 1.54) is 12.8 Å². The van der Waals surface area contributed by atoms with Gasteiger partial charge in [-0.2, -0.15) is 0 Å². The number of carbonyl (C=O) groups excluding carboxylic acids is 1. The number of fused-ring (bicyclic) bond motifs is 1. The number of nitrogens with zero attached hydrogens (tertiary/aromatic N) is 2. The first-order valence-electron chi connectivity index (χ1n) is 10.3. The first-order chi connectivity index (χ1) is 14.5. The van der Waals surface area contributed by atoms with Crippen molar-refractivity contribution in [1.29, 1.82) is 0 Å². The van der Waals surface area contributed by atoms with Gasteiger partial charge < -0.3 is 19.4 Å². The van der Waals surface area contributed by atoms with E-state index >= 15 is 0 Å². The zero-order chi connectivity index (χ0) is 21.1. The summed E-state index contributed by atoms with van der Waals surface area (Å²) in [6, 6.07) is 13.4. The number of anilines is 1. The summed E-state index contributed by atoms with van der Waals surface area (Å²) >= 11 is 0. The minimum Gasteiger partial charge on any atom is -0.493 e. The number of ether oxygens (including phenoxy) is 2. The summed E-state index contributed by atoms with van der Waals surface area (Å²) in [6.07, 6.45) is 4.74. The number of aromatic nitrogens is 2. The largest absolute Gasteiger partial charge is 0.493 e. The molecule has 1 aromatic heterocycles. The summed E-state index contributed by atoms with van der Waals surface area (Å²) in [4.78, 5) is 17.7. The van der Waals surface area contributed by atoms with Gasteiger partial charge in [0, 0.05) is 24.7 Å². The van der Waals surface area contributed by atoms with Crippen LogP contribution in [0.15, 0.2) is 48.7 Å². The van der Waals surface area contributed by atoms with E-state index in [0.29, 0.717) is 11.5 Å². The van der Waals surface area contributed by atoms with Crippen LogP contribution in [-0.4, -0.2) is 28.7 Å². The van der Waals surface area contributed by atoms with E-state index in [-0.39, 0.29) is 5.91 Å². The van der Waals surface area contributed by atoms with Crippen LogP contribution in [0.3, 0.4) is 0 Å². The van der Waals surface area contributed by atoms with Gasteiger partial charge in [-0.05, 0) is 50.5 Å². The number of carbonyl (C=O) groups is 1. The number of hydrogen-bond acceptors (Lipinski definition) is 4. The minimum absolute atomic E-state index is 0.228. The lowest BCUT2D eigenvalue weighted by Gasteiger charge is -2.18. The van der Waals surface area contributed by atoms with Crippen molar-refractivity contribution in [2.75, 3.05) is 12.4 Å². The Labute approximate surface area is 176 Å². The zero-order valence-corrected chi connectivity index (χ0v) is 17.6. The average molecular weight is 405 g/mol. The Kier molecular flexibility index (Phi) is 5.74. The molecule has 0 bridgehead atoms. The molecular weight excluding hydrogens is 378 g/mol. The number of imidazole rings is 1. The fourth-order valence-electron chi connectivity index (χ4n) is 3.71. The van der Waals surface area contributed by atoms with Gasteiger partial charge in [-0.15, -0.1) is 0 Å². The van der Waals surface area contributed by atoms with Crippen molar-refractivity contribution in [3.63, 3.8) is 0 Å². The molecule has 6 heteroatoms. The van der Waals surface area contributed by atoms with Crippen LogP contribution in [0.4, 0.5) is 5.69 Å².